The van der Waals surface area contributed by atoms with Crippen LogP contribution in [0.1, 0.15) is 0 Å². The van der Waals surface area contributed by atoms with Gasteiger partial charge < -0.3 is 10.0 Å². The highest BCUT2D eigenvalue weighted by Gasteiger charge is 2.17. The topological polar surface area (TPSA) is 88.3 Å². The molecule has 2 aromatic rings. The fourth-order valence-corrected chi connectivity index (χ4v) is 2.66. The van der Waals surface area contributed by atoms with Gasteiger partial charge in [0.1, 0.15) is 12.1 Å². The Bertz CT molecular complexity index is 701. The Morgan fingerprint density at radius 1 is 1.48 bits per heavy atom. The fraction of sp³-hybridized carbons (Fsp3) is 0.333. The fourth-order valence-electron chi connectivity index (χ4n) is 1.62. The van der Waals surface area contributed by atoms with E-state index in [9.17, 15) is 9.59 Å². The molecule has 0 aliphatic carbocycles. The van der Waals surface area contributed by atoms with E-state index >= 15 is 0 Å². The van der Waals surface area contributed by atoms with Gasteiger partial charge in [-0.3, -0.25) is 14.2 Å². The van der Waals surface area contributed by atoms with Gasteiger partial charge in [0.25, 0.3) is 0 Å². The first-order valence-corrected chi connectivity index (χ1v) is 7.73. The minimum absolute atomic E-state index is 0.0695. The molecule has 0 atom stereocenters. The van der Waals surface area contributed by atoms with Gasteiger partial charge in [-0.05, 0) is 22.0 Å². The van der Waals surface area contributed by atoms with Crippen molar-refractivity contribution in [1.29, 1.82) is 0 Å². The van der Waals surface area contributed by atoms with E-state index in [1.54, 1.807) is 30.9 Å². The zero-order valence-electron chi connectivity index (χ0n) is 11.4. The lowest BCUT2D eigenvalue weighted by Crippen LogP contribution is -2.26. The van der Waals surface area contributed by atoms with Crippen molar-refractivity contribution >= 4 is 50.7 Å². The summed E-state index contributed by atoms with van der Waals surface area (Å²) in [4.78, 5) is 32.7. The average molecular weight is 373 g/mol. The highest BCUT2D eigenvalue weighted by Crippen LogP contribution is 2.24. The molecular formula is C12H13BrN4O3S. The summed E-state index contributed by atoms with van der Waals surface area (Å²) in [5, 5.41) is 9.26. The van der Waals surface area contributed by atoms with Crippen LogP contribution in [0.25, 0.3) is 11.2 Å². The number of thioether (sulfide) groups is 1. The summed E-state index contributed by atoms with van der Waals surface area (Å²) >= 11 is 4.38. The van der Waals surface area contributed by atoms with Crippen LogP contribution in [-0.2, 0) is 16.1 Å². The molecule has 2 heterocycles. The summed E-state index contributed by atoms with van der Waals surface area (Å²) in [7, 11) is 3.32. The third kappa shape index (κ3) is 3.73. The summed E-state index contributed by atoms with van der Waals surface area (Å²) in [6, 6.07) is 1.78. The number of aromatic nitrogens is 3. The normalized spacial score (nSPS) is 10.8. The third-order valence-electron chi connectivity index (χ3n) is 2.63. The lowest BCUT2D eigenvalue weighted by atomic mass is 10.4. The smallest absolute Gasteiger partial charge is 0.313 e. The predicted molar refractivity (Wildman–Crippen MR) is 82.3 cm³/mol. The Balaban J connectivity index is 2.44. The number of hydrogen-bond donors (Lipinski definition) is 1. The van der Waals surface area contributed by atoms with E-state index < -0.39 is 5.97 Å². The van der Waals surface area contributed by atoms with E-state index in [0.717, 1.165) is 16.2 Å². The van der Waals surface area contributed by atoms with Crippen molar-refractivity contribution in [3.8, 4) is 0 Å². The molecule has 0 spiro atoms. The Kier molecular flexibility index (Phi) is 4.84. The summed E-state index contributed by atoms with van der Waals surface area (Å²) < 4.78 is 2.41. The Morgan fingerprint density at radius 2 is 2.19 bits per heavy atom. The van der Waals surface area contributed by atoms with Crippen molar-refractivity contribution < 1.29 is 14.7 Å². The van der Waals surface area contributed by atoms with Crippen LogP contribution in [0.5, 0.6) is 0 Å². The zero-order chi connectivity index (χ0) is 15.6. The van der Waals surface area contributed by atoms with E-state index in [2.05, 4.69) is 25.9 Å². The lowest BCUT2D eigenvalue weighted by Gasteiger charge is -2.12. The van der Waals surface area contributed by atoms with Gasteiger partial charge in [-0.1, -0.05) is 11.8 Å². The van der Waals surface area contributed by atoms with Gasteiger partial charge in [0.2, 0.25) is 5.91 Å². The molecule has 0 fully saturated rings. The molecule has 7 nitrogen and oxygen atoms in total. The van der Waals surface area contributed by atoms with E-state index in [4.69, 9.17) is 5.11 Å². The number of amides is 1. The molecule has 21 heavy (non-hydrogen) atoms. The van der Waals surface area contributed by atoms with Gasteiger partial charge in [0.05, 0.1) is 5.75 Å². The van der Waals surface area contributed by atoms with Gasteiger partial charge in [-0.2, -0.15) is 0 Å². The van der Waals surface area contributed by atoms with Crippen molar-refractivity contribution in [3.63, 3.8) is 0 Å². The number of pyridine rings is 1. The van der Waals surface area contributed by atoms with Crippen molar-refractivity contribution in [2.24, 2.45) is 0 Å². The maximum Gasteiger partial charge on any atom is 0.313 e. The molecule has 0 saturated carbocycles. The Labute approximate surface area is 133 Å². The number of halogens is 1. The van der Waals surface area contributed by atoms with Crippen LogP contribution in [0.4, 0.5) is 0 Å². The van der Waals surface area contributed by atoms with E-state index in [1.807, 2.05) is 0 Å². The maximum absolute atomic E-state index is 11.9. The van der Waals surface area contributed by atoms with Gasteiger partial charge in [-0.15, -0.1) is 0 Å². The number of rotatable bonds is 5. The minimum atomic E-state index is -0.938. The summed E-state index contributed by atoms with van der Waals surface area (Å²) in [6.07, 6.45) is 1.62. The number of aliphatic carboxylic acids is 1. The van der Waals surface area contributed by atoms with Crippen LogP contribution in [0.3, 0.4) is 0 Å². The maximum atomic E-state index is 11.9. The molecule has 9 heteroatoms. The quantitative estimate of drug-likeness (QED) is 0.799. The molecule has 2 rings (SSSR count). The molecule has 112 valence electrons. The first-order valence-electron chi connectivity index (χ1n) is 5.95. The van der Waals surface area contributed by atoms with Gasteiger partial charge >= 0.3 is 5.97 Å². The summed E-state index contributed by atoms with van der Waals surface area (Å²) in [5.74, 6) is -1.18. The zero-order valence-corrected chi connectivity index (χ0v) is 13.8. The Morgan fingerprint density at radius 3 is 2.81 bits per heavy atom. The third-order valence-corrected chi connectivity index (χ3v) is 4.03. The second kappa shape index (κ2) is 6.44. The highest BCUT2D eigenvalue weighted by molar-refractivity contribution is 9.10. The van der Waals surface area contributed by atoms with Crippen molar-refractivity contribution in [1.82, 2.24) is 19.4 Å². The minimum Gasteiger partial charge on any atom is -0.481 e. The molecule has 0 aromatic carbocycles. The van der Waals surface area contributed by atoms with Crippen molar-refractivity contribution in [2.75, 3.05) is 19.8 Å². The van der Waals surface area contributed by atoms with Gasteiger partial charge in [0.15, 0.2) is 10.8 Å². The number of carbonyl (C=O) groups excluding carboxylic acids is 1. The van der Waals surface area contributed by atoms with Crippen LogP contribution in [0.15, 0.2) is 21.9 Å². The van der Waals surface area contributed by atoms with E-state index in [-0.39, 0.29) is 18.2 Å². The second-order valence-corrected chi connectivity index (χ2v) is 6.31. The molecule has 0 aliphatic heterocycles. The average Bonchev–Trinajstić information content (AvgIpc) is 2.73. The molecule has 0 bridgehead atoms. The SMILES string of the molecule is CN(C)C(=O)Cn1c(SCC(=O)O)nc2cc(Br)cnc21. The number of nitrogens with zero attached hydrogens (tertiary/aromatic N) is 4. The molecule has 0 aliphatic rings. The summed E-state index contributed by atoms with van der Waals surface area (Å²) in [5.41, 5.74) is 1.17. The number of carbonyl (C=O) groups is 2. The number of carboxylic acids is 1. The van der Waals surface area contributed by atoms with Gasteiger partial charge in [-0.25, -0.2) is 9.97 Å². The molecule has 0 saturated heterocycles. The number of carboxylic acid groups (broad SMARTS) is 1. The van der Waals surface area contributed by atoms with Gasteiger partial charge in [0, 0.05) is 24.8 Å². The number of likely N-dealkylation sites (N-methyl/N-ethyl adjacent to an activating group) is 1. The highest BCUT2D eigenvalue weighted by atomic mass is 79.9. The summed E-state index contributed by atoms with van der Waals surface area (Å²) in [6.45, 7) is 0.0695. The number of hydrogen-bond acceptors (Lipinski definition) is 5. The number of imidazole rings is 1. The number of fused-ring (bicyclic) bond motifs is 1. The van der Waals surface area contributed by atoms with Crippen LogP contribution in [0.2, 0.25) is 0 Å². The van der Waals surface area contributed by atoms with E-state index in [1.165, 1.54) is 4.90 Å². The first-order chi connectivity index (χ1) is 9.88. The van der Waals surface area contributed by atoms with Crippen LogP contribution in [0, 0.1) is 0 Å². The van der Waals surface area contributed by atoms with E-state index in [0.29, 0.717) is 16.3 Å². The molecule has 0 radical (unpaired) electrons. The van der Waals surface area contributed by atoms with Crippen molar-refractivity contribution in [2.45, 2.75) is 11.7 Å². The second-order valence-electron chi connectivity index (χ2n) is 4.45. The van der Waals surface area contributed by atoms with Crippen LogP contribution >= 0.6 is 27.7 Å². The molecule has 2 aromatic heterocycles. The first kappa shape index (κ1) is 15.8. The molecular weight excluding hydrogens is 360 g/mol. The predicted octanol–water partition coefficient (Wildman–Crippen LogP) is 1.46. The lowest BCUT2D eigenvalue weighted by molar-refractivity contribution is -0.134. The monoisotopic (exact) mass is 372 g/mol. The van der Waals surface area contributed by atoms with Crippen LogP contribution < -0.4 is 0 Å². The Hall–Kier alpha value is -1.61. The molecule has 1 N–H and O–H groups in total. The standard InChI is InChI=1S/C12H13BrN4O3S/c1-16(2)9(18)5-17-11-8(3-7(13)4-14-11)15-12(17)21-6-10(19)20/h3-4H,5-6H2,1-2H3,(H,19,20). The largest absolute Gasteiger partial charge is 0.481 e. The van der Waals surface area contributed by atoms with Crippen LogP contribution in [-0.4, -0.2) is 56.3 Å². The molecule has 1 amide bonds. The molecule has 0 unspecified atom stereocenters. The van der Waals surface area contributed by atoms with Crippen molar-refractivity contribution in [3.05, 3.63) is 16.7 Å².